The predicted octanol–water partition coefficient (Wildman–Crippen LogP) is 4.05. The number of amides is 1. The van der Waals surface area contributed by atoms with Crippen LogP contribution in [-0.2, 0) is 22.3 Å². The molecule has 30 heavy (non-hydrogen) atoms. The van der Waals surface area contributed by atoms with Crippen LogP contribution in [0.1, 0.15) is 21.6 Å². The van der Waals surface area contributed by atoms with E-state index < -0.39 is 10.8 Å². The van der Waals surface area contributed by atoms with E-state index in [4.69, 9.17) is 4.74 Å². The van der Waals surface area contributed by atoms with Gasteiger partial charge in [0.2, 0.25) is 0 Å². The number of nitrogens with zero attached hydrogens (tertiary/aromatic N) is 2. The Hall–Kier alpha value is -3.45. The van der Waals surface area contributed by atoms with Gasteiger partial charge in [0, 0.05) is 21.9 Å². The molecular formula is C23H19N3O3S. The summed E-state index contributed by atoms with van der Waals surface area (Å²) in [6, 6.07) is 20.9. The van der Waals surface area contributed by atoms with Gasteiger partial charge in [0.1, 0.15) is 11.6 Å². The third-order valence-electron chi connectivity index (χ3n) is 5.25. The molecule has 1 amide bonds. The monoisotopic (exact) mass is 417 g/mol. The van der Waals surface area contributed by atoms with Gasteiger partial charge in [-0.05, 0) is 41.1 Å². The quantitative estimate of drug-likeness (QED) is 0.544. The molecule has 150 valence electrons. The van der Waals surface area contributed by atoms with Crippen LogP contribution in [0.15, 0.2) is 66.7 Å². The van der Waals surface area contributed by atoms with Gasteiger partial charge in [-0.15, -0.1) is 0 Å². The smallest absolute Gasteiger partial charge is 0.257 e. The molecule has 0 unspecified atom stereocenters. The number of carbonyl (C=O) groups excluding carboxylic acids is 1. The first kappa shape index (κ1) is 18.6. The molecule has 1 N–H and O–H groups in total. The molecule has 1 aliphatic heterocycles. The summed E-state index contributed by atoms with van der Waals surface area (Å²) in [6.07, 6.45) is 0. The Balaban J connectivity index is 1.57. The van der Waals surface area contributed by atoms with Crippen LogP contribution in [0.2, 0.25) is 0 Å². The summed E-state index contributed by atoms with van der Waals surface area (Å²) in [6.45, 7) is 0. The Kier molecular flexibility index (Phi) is 4.59. The highest BCUT2D eigenvalue weighted by molar-refractivity contribution is 7.83. The molecule has 0 spiro atoms. The lowest BCUT2D eigenvalue weighted by atomic mass is 10.0. The van der Waals surface area contributed by atoms with Crippen LogP contribution in [0.3, 0.4) is 0 Å². The maximum Gasteiger partial charge on any atom is 0.257 e. The van der Waals surface area contributed by atoms with Crippen molar-refractivity contribution in [2.75, 3.05) is 12.4 Å². The van der Waals surface area contributed by atoms with E-state index in [-0.39, 0.29) is 5.91 Å². The molecule has 0 saturated carbocycles. The summed E-state index contributed by atoms with van der Waals surface area (Å²) in [5, 5.41) is 9.57. The number of ether oxygens (including phenoxy) is 1. The van der Waals surface area contributed by atoms with Crippen molar-refractivity contribution >= 4 is 33.3 Å². The number of nitrogens with one attached hydrogen (secondary N) is 1. The molecule has 0 saturated heterocycles. The second kappa shape index (κ2) is 7.42. The average molecular weight is 417 g/mol. The van der Waals surface area contributed by atoms with Gasteiger partial charge in [-0.25, -0.2) is 4.68 Å². The summed E-state index contributed by atoms with van der Waals surface area (Å²) in [5.41, 5.74) is 2.97. The van der Waals surface area contributed by atoms with Crippen LogP contribution in [-0.4, -0.2) is 27.0 Å². The van der Waals surface area contributed by atoms with Gasteiger partial charge < -0.3 is 10.1 Å². The molecule has 5 rings (SSSR count). The van der Waals surface area contributed by atoms with Crippen molar-refractivity contribution in [3.63, 3.8) is 0 Å². The van der Waals surface area contributed by atoms with Gasteiger partial charge >= 0.3 is 0 Å². The number of anilines is 1. The number of hydrogen-bond acceptors (Lipinski definition) is 4. The van der Waals surface area contributed by atoms with Crippen LogP contribution in [0.25, 0.3) is 16.5 Å². The third kappa shape index (κ3) is 3.17. The molecule has 7 heteroatoms. The SMILES string of the molecule is COc1ccc(-n2nc3c(c2NC(=O)c2cccc4ccccc24)C[S@@](=O)C3)cc1. The van der Waals surface area contributed by atoms with Crippen molar-refractivity contribution in [2.45, 2.75) is 11.5 Å². The van der Waals surface area contributed by atoms with Gasteiger partial charge in [0.05, 0.1) is 30.0 Å². The summed E-state index contributed by atoms with van der Waals surface area (Å²) < 4.78 is 19.1. The van der Waals surface area contributed by atoms with Crippen LogP contribution in [0.5, 0.6) is 5.75 Å². The lowest BCUT2D eigenvalue weighted by molar-refractivity contribution is 0.102. The van der Waals surface area contributed by atoms with E-state index in [1.165, 1.54) is 0 Å². The van der Waals surface area contributed by atoms with E-state index in [1.54, 1.807) is 11.8 Å². The largest absolute Gasteiger partial charge is 0.497 e. The molecule has 0 radical (unpaired) electrons. The maximum absolute atomic E-state index is 13.2. The molecule has 4 aromatic rings. The number of fused-ring (bicyclic) bond motifs is 2. The summed E-state index contributed by atoms with van der Waals surface area (Å²) in [5.74, 6) is 1.87. The highest BCUT2D eigenvalue weighted by Crippen LogP contribution is 2.32. The Morgan fingerprint density at radius 1 is 1.03 bits per heavy atom. The van der Waals surface area contributed by atoms with Crippen LogP contribution in [0.4, 0.5) is 5.82 Å². The van der Waals surface area contributed by atoms with Crippen molar-refractivity contribution in [1.29, 1.82) is 0 Å². The lowest BCUT2D eigenvalue weighted by Gasteiger charge is -2.12. The molecule has 2 heterocycles. The topological polar surface area (TPSA) is 73.2 Å². The highest BCUT2D eigenvalue weighted by atomic mass is 32.2. The maximum atomic E-state index is 13.2. The molecule has 0 bridgehead atoms. The number of benzene rings is 3. The number of methoxy groups -OCH3 is 1. The van der Waals surface area contributed by atoms with Crippen molar-refractivity contribution in [1.82, 2.24) is 9.78 Å². The normalized spacial score (nSPS) is 15.2. The predicted molar refractivity (Wildman–Crippen MR) is 118 cm³/mol. The van der Waals surface area contributed by atoms with Crippen molar-refractivity contribution in [3.05, 3.63) is 83.6 Å². The van der Waals surface area contributed by atoms with Gasteiger partial charge in [-0.1, -0.05) is 36.4 Å². The number of carbonyl (C=O) groups is 1. The van der Waals surface area contributed by atoms with E-state index in [0.717, 1.165) is 33.5 Å². The van der Waals surface area contributed by atoms with Crippen LogP contribution >= 0.6 is 0 Å². The minimum atomic E-state index is -0.997. The zero-order valence-corrected chi connectivity index (χ0v) is 17.1. The Bertz CT molecular complexity index is 1290. The number of aromatic nitrogens is 2. The van der Waals surface area contributed by atoms with E-state index in [0.29, 0.717) is 22.9 Å². The van der Waals surface area contributed by atoms with Gasteiger partial charge in [0.25, 0.3) is 5.91 Å². The molecular weight excluding hydrogens is 398 g/mol. The Labute approximate surface area is 175 Å². The second-order valence-electron chi connectivity index (χ2n) is 7.09. The summed E-state index contributed by atoms with van der Waals surface area (Å²) in [7, 11) is 0.617. The summed E-state index contributed by atoms with van der Waals surface area (Å²) in [4.78, 5) is 13.2. The van der Waals surface area contributed by atoms with E-state index in [1.807, 2.05) is 66.7 Å². The third-order valence-corrected chi connectivity index (χ3v) is 6.46. The molecule has 0 fully saturated rings. The standard InChI is InChI=1S/C23H19N3O3S/c1-29-17-11-9-16(10-12-17)26-22(20-13-30(28)14-21(20)25-26)24-23(27)19-8-4-6-15-5-2-3-7-18(15)19/h2-12H,13-14H2,1H3,(H,24,27)/t30-/m1/s1. The zero-order chi connectivity index (χ0) is 20.7. The molecule has 3 aromatic carbocycles. The summed E-state index contributed by atoms with van der Waals surface area (Å²) >= 11 is 0. The lowest BCUT2D eigenvalue weighted by Crippen LogP contribution is -2.17. The molecule has 1 atom stereocenters. The molecule has 6 nitrogen and oxygen atoms in total. The first-order chi connectivity index (χ1) is 14.6. The number of hydrogen-bond donors (Lipinski definition) is 1. The number of rotatable bonds is 4. The van der Waals surface area contributed by atoms with E-state index >= 15 is 0 Å². The molecule has 1 aliphatic rings. The first-order valence-electron chi connectivity index (χ1n) is 9.53. The fourth-order valence-corrected chi connectivity index (χ4v) is 5.03. The Morgan fingerprint density at radius 2 is 1.80 bits per heavy atom. The van der Waals surface area contributed by atoms with Crippen molar-refractivity contribution < 1.29 is 13.7 Å². The van der Waals surface area contributed by atoms with E-state index in [2.05, 4.69) is 10.4 Å². The minimum absolute atomic E-state index is 0.220. The fraction of sp³-hybridized carbons (Fsp3) is 0.130. The van der Waals surface area contributed by atoms with Crippen LogP contribution in [0, 0.1) is 0 Å². The van der Waals surface area contributed by atoms with Crippen molar-refractivity contribution in [3.8, 4) is 11.4 Å². The second-order valence-corrected chi connectivity index (χ2v) is 8.55. The minimum Gasteiger partial charge on any atom is -0.497 e. The molecule has 1 aromatic heterocycles. The van der Waals surface area contributed by atoms with Gasteiger partial charge in [0.15, 0.2) is 0 Å². The Morgan fingerprint density at radius 3 is 2.60 bits per heavy atom. The first-order valence-corrected chi connectivity index (χ1v) is 11.0. The van der Waals surface area contributed by atoms with Gasteiger partial charge in [-0.3, -0.25) is 9.00 Å². The zero-order valence-electron chi connectivity index (χ0n) is 16.3. The fourth-order valence-electron chi connectivity index (χ4n) is 3.76. The highest BCUT2D eigenvalue weighted by Gasteiger charge is 2.28. The van der Waals surface area contributed by atoms with E-state index in [9.17, 15) is 9.00 Å². The van der Waals surface area contributed by atoms with Gasteiger partial charge in [-0.2, -0.15) is 5.10 Å². The molecule has 0 aliphatic carbocycles. The van der Waals surface area contributed by atoms with Crippen molar-refractivity contribution in [2.24, 2.45) is 0 Å². The average Bonchev–Trinajstić information content (AvgIpc) is 3.30. The van der Waals surface area contributed by atoms with Crippen LogP contribution < -0.4 is 10.1 Å².